The lowest BCUT2D eigenvalue weighted by molar-refractivity contribution is -0.150. The molecule has 2 saturated carbocycles. The van der Waals surface area contributed by atoms with Crippen LogP contribution in [0, 0.1) is 23.7 Å². The molecule has 0 radical (unpaired) electrons. The molecule has 3 rings (SSSR count). The minimum absolute atomic E-state index is 0.0403. The molecule has 1 aromatic heterocycles. The molecule has 0 aromatic carbocycles. The zero-order valence-corrected chi connectivity index (χ0v) is 21.7. The number of aromatic nitrogens is 3. The van der Waals surface area contributed by atoms with Crippen molar-refractivity contribution in [3.63, 3.8) is 0 Å². The summed E-state index contributed by atoms with van der Waals surface area (Å²) in [6.45, 7) is 11.0. The van der Waals surface area contributed by atoms with E-state index in [4.69, 9.17) is 19.9 Å². The Labute approximate surface area is 208 Å². The number of hydrogen-bond donors (Lipinski definition) is 3. The summed E-state index contributed by atoms with van der Waals surface area (Å²) in [6.07, 6.45) is 1.52. The third-order valence-corrected chi connectivity index (χ3v) is 6.71. The van der Waals surface area contributed by atoms with Crippen molar-refractivity contribution >= 4 is 35.7 Å². The van der Waals surface area contributed by atoms with Gasteiger partial charge in [0, 0.05) is 5.25 Å². The number of esters is 2. The summed E-state index contributed by atoms with van der Waals surface area (Å²) in [6, 6.07) is -0.713. The Balaban J connectivity index is 0.000000287. The number of ether oxygens (including phenoxy) is 3. The van der Waals surface area contributed by atoms with Gasteiger partial charge in [0.15, 0.2) is 5.16 Å². The second-order valence-electron chi connectivity index (χ2n) is 9.24. The zero-order valence-electron chi connectivity index (χ0n) is 20.9. The van der Waals surface area contributed by atoms with Gasteiger partial charge in [-0.1, -0.05) is 11.8 Å². The number of carbonyl (C=O) groups excluding carboxylic acids is 4. The molecule has 12 nitrogen and oxygen atoms in total. The van der Waals surface area contributed by atoms with Gasteiger partial charge in [0.05, 0.1) is 25.0 Å². The molecule has 0 spiro atoms. The van der Waals surface area contributed by atoms with Gasteiger partial charge >= 0.3 is 18.0 Å². The van der Waals surface area contributed by atoms with Crippen LogP contribution in [0.2, 0.25) is 0 Å². The van der Waals surface area contributed by atoms with Crippen LogP contribution in [0.15, 0.2) is 11.5 Å². The molecule has 1 heterocycles. The molecule has 2 aliphatic rings. The van der Waals surface area contributed by atoms with Crippen LogP contribution >= 0.6 is 11.8 Å². The topological polar surface area (TPSA) is 176 Å². The van der Waals surface area contributed by atoms with Gasteiger partial charge in [-0.2, -0.15) is 5.10 Å². The van der Waals surface area contributed by atoms with Crippen molar-refractivity contribution < 1.29 is 33.4 Å². The Morgan fingerprint density at radius 2 is 1.80 bits per heavy atom. The van der Waals surface area contributed by atoms with Gasteiger partial charge in [0.25, 0.3) is 0 Å². The molecule has 2 aliphatic carbocycles. The summed E-state index contributed by atoms with van der Waals surface area (Å²) in [4.78, 5) is 49.9. The molecule has 0 aliphatic heterocycles. The predicted octanol–water partition coefficient (Wildman–Crippen LogP) is 1.66. The van der Waals surface area contributed by atoms with Crippen LogP contribution in [0.3, 0.4) is 0 Å². The summed E-state index contributed by atoms with van der Waals surface area (Å²) in [7, 11) is 0. The Bertz CT molecular complexity index is 889. The fourth-order valence-corrected chi connectivity index (χ4v) is 5.36. The summed E-state index contributed by atoms with van der Waals surface area (Å²) in [5.74, 6) is -1.21. The van der Waals surface area contributed by atoms with E-state index in [-0.39, 0.29) is 40.9 Å². The first-order valence-corrected chi connectivity index (χ1v) is 12.4. The monoisotopic (exact) mass is 513 g/mol. The number of rotatable bonds is 8. The number of alkyl carbamates (subject to hydrolysis) is 1. The molecule has 4 N–H and O–H groups in total. The highest BCUT2D eigenvalue weighted by molar-refractivity contribution is 7.99. The molecular formula is C22H35N5O7S. The maximum Gasteiger partial charge on any atom is 0.408 e. The first kappa shape index (κ1) is 28.4. The van der Waals surface area contributed by atoms with Crippen LogP contribution in [0.4, 0.5) is 4.79 Å². The number of primary amides is 1. The van der Waals surface area contributed by atoms with E-state index in [9.17, 15) is 19.2 Å². The van der Waals surface area contributed by atoms with E-state index < -0.39 is 23.6 Å². The molecule has 0 bridgehead atoms. The van der Waals surface area contributed by atoms with Gasteiger partial charge < -0.3 is 25.3 Å². The lowest BCUT2D eigenvalue weighted by Gasteiger charge is -2.20. The molecule has 35 heavy (non-hydrogen) atoms. The smallest absolute Gasteiger partial charge is 0.408 e. The van der Waals surface area contributed by atoms with Gasteiger partial charge in [-0.25, -0.2) is 9.78 Å². The number of thioether (sulfide) groups is 1. The van der Waals surface area contributed by atoms with E-state index in [1.54, 1.807) is 46.4 Å². The fourth-order valence-electron chi connectivity index (χ4n) is 4.05. The molecule has 6 atom stereocenters. The summed E-state index contributed by atoms with van der Waals surface area (Å²) in [5.41, 5.74) is 4.37. The van der Waals surface area contributed by atoms with Gasteiger partial charge in [-0.15, -0.1) is 0 Å². The van der Waals surface area contributed by atoms with E-state index in [0.717, 1.165) is 0 Å². The Hall–Kier alpha value is -2.83. The number of nitrogens with two attached hydrogens (primary N) is 1. The number of carbonyl (C=O) groups is 4. The maximum absolute atomic E-state index is 12.1. The Morgan fingerprint density at radius 3 is 2.31 bits per heavy atom. The van der Waals surface area contributed by atoms with Crippen molar-refractivity contribution in [3.05, 3.63) is 6.33 Å². The first-order valence-electron chi connectivity index (χ1n) is 11.5. The molecule has 2 fully saturated rings. The maximum atomic E-state index is 12.1. The zero-order chi connectivity index (χ0) is 26.3. The largest absolute Gasteiger partial charge is 0.466 e. The van der Waals surface area contributed by atoms with Crippen molar-refractivity contribution in [1.82, 2.24) is 20.5 Å². The van der Waals surface area contributed by atoms with Crippen LogP contribution in [-0.4, -0.2) is 69.2 Å². The Kier molecular flexibility index (Phi) is 9.92. The molecule has 0 saturated heterocycles. The number of fused-ring (bicyclic) bond motifs is 1. The minimum atomic E-state index is -0.713. The normalized spacial score (nSPS) is 25.3. The van der Waals surface area contributed by atoms with E-state index in [2.05, 4.69) is 20.5 Å². The summed E-state index contributed by atoms with van der Waals surface area (Å²) >= 11 is 1.54. The number of H-pyrrole nitrogens is 1. The van der Waals surface area contributed by atoms with E-state index >= 15 is 0 Å². The molecule has 2 amide bonds. The number of hydrogen-bond acceptors (Lipinski definition) is 10. The third kappa shape index (κ3) is 8.11. The SMILES string of the molecule is CC(NC(=O)OC(C)(C)C)C(N)=O.CCOC(=O)C1CC(Sc2ncn[nH]2)C2C(C(=O)OCC)C12. The first-order chi connectivity index (χ1) is 16.4. The van der Waals surface area contributed by atoms with Crippen LogP contribution < -0.4 is 11.1 Å². The number of nitrogens with one attached hydrogen (secondary N) is 2. The van der Waals surface area contributed by atoms with Crippen LogP contribution in [0.1, 0.15) is 48.0 Å². The van der Waals surface area contributed by atoms with E-state index in [1.165, 1.54) is 13.3 Å². The molecule has 196 valence electrons. The summed E-state index contributed by atoms with van der Waals surface area (Å²) in [5, 5.41) is 9.81. The lowest BCUT2D eigenvalue weighted by Crippen LogP contribution is -2.44. The molecule has 6 unspecified atom stereocenters. The lowest BCUT2D eigenvalue weighted by atomic mass is 10.00. The summed E-state index contributed by atoms with van der Waals surface area (Å²) < 4.78 is 15.2. The van der Waals surface area contributed by atoms with Gasteiger partial charge in [-0.3, -0.25) is 19.5 Å². The van der Waals surface area contributed by atoms with Crippen molar-refractivity contribution in [2.45, 2.75) is 70.0 Å². The predicted molar refractivity (Wildman–Crippen MR) is 126 cm³/mol. The van der Waals surface area contributed by atoms with Gasteiger partial charge in [0.2, 0.25) is 5.91 Å². The highest BCUT2D eigenvalue weighted by atomic mass is 32.2. The second kappa shape index (κ2) is 12.2. The fraction of sp³-hybridized carbons (Fsp3) is 0.727. The third-order valence-electron chi connectivity index (χ3n) is 5.48. The minimum Gasteiger partial charge on any atom is -0.466 e. The van der Waals surface area contributed by atoms with Crippen molar-refractivity contribution in [1.29, 1.82) is 0 Å². The molecule has 13 heteroatoms. The number of aromatic amines is 1. The molecular weight excluding hydrogens is 478 g/mol. The van der Waals surface area contributed by atoms with Crippen molar-refractivity contribution in [2.24, 2.45) is 29.4 Å². The van der Waals surface area contributed by atoms with Crippen molar-refractivity contribution in [3.8, 4) is 0 Å². The average molecular weight is 514 g/mol. The van der Waals surface area contributed by atoms with Gasteiger partial charge in [0.1, 0.15) is 18.0 Å². The highest BCUT2D eigenvalue weighted by Crippen LogP contribution is 2.64. The Morgan fingerprint density at radius 1 is 1.17 bits per heavy atom. The van der Waals surface area contributed by atoms with Crippen LogP contribution in [-0.2, 0) is 28.6 Å². The van der Waals surface area contributed by atoms with Crippen LogP contribution in [0.25, 0.3) is 0 Å². The van der Waals surface area contributed by atoms with E-state index in [0.29, 0.717) is 24.8 Å². The molecule has 1 aromatic rings. The standard InChI is InChI=1S/C14H19N3O4S.C8H16N2O3/c1-3-20-12(18)7-5-8(22-14-15-6-16-17-14)10-9(7)11(10)13(19)21-4-2;1-5(6(9)11)10-7(12)13-8(2,3)4/h6-11H,3-5H2,1-2H3,(H,15,16,17);5H,1-4H3,(H2,9,11)(H,10,12). The highest BCUT2D eigenvalue weighted by Gasteiger charge is 2.68. The van der Waals surface area contributed by atoms with Gasteiger partial charge in [-0.05, 0) is 59.8 Å². The number of amides is 2. The van der Waals surface area contributed by atoms with Crippen molar-refractivity contribution in [2.75, 3.05) is 13.2 Å². The average Bonchev–Trinajstić information content (AvgIpc) is 3.06. The van der Waals surface area contributed by atoms with E-state index in [1.807, 2.05) is 0 Å². The number of nitrogens with zero attached hydrogens (tertiary/aromatic N) is 2. The quantitative estimate of drug-likeness (QED) is 0.342. The second-order valence-corrected chi connectivity index (χ2v) is 10.5. The van der Waals surface area contributed by atoms with Crippen LogP contribution in [0.5, 0.6) is 0 Å².